The molecule has 0 saturated carbocycles. The molecule has 0 spiro atoms. The first kappa shape index (κ1) is 17.2. The minimum absolute atomic E-state index is 0.631. The highest BCUT2D eigenvalue weighted by Gasteiger charge is 2.18. The molecule has 3 rings (SSSR count). The largest absolute Gasteiger partial charge is 0.313 e. The Hall–Kier alpha value is -1.64. The SMILES string of the molecule is Cc1ccccc1CN(Cc1ccccc1C)CC1CCCCN1. The fraction of sp³-hybridized carbons (Fsp3) is 0.455. The molecule has 2 heteroatoms. The molecule has 1 heterocycles. The summed E-state index contributed by atoms with van der Waals surface area (Å²) in [6.07, 6.45) is 3.99. The Kier molecular flexibility index (Phi) is 6.06. The first-order chi connectivity index (χ1) is 11.7. The van der Waals surface area contributed by atoms with Crippen molar-refractivity contribution in [3.63, 3.8) is 0 Å². The van der Waals surface area contributed by atoms with E-state index in [9.17, 15) is 0 Å². The normalized spacial score (nSPS) is 18.0. The Bertz CT molecular complexity index is 596. The zero-order valence-corrected chi connectivity index (χ0v) is 15.1. The van der Waals surface area contributed by atoms with Gasteiger partial charge in [-0.25, -0.2) is 0 Å². The van der Waals surface area contributed by atoms with E-state index in [1.54, 1.807) is 0 Å². The Balaban J connectivity index is 1.74. The van der Waals surface area contributed by atoms with Crippen LogP contribution in [0.25, 0.3) is 0 Å². The van der Waals surface area contributed by atoms with Gasteiger partial charge in [-0.05, 0) is 55.5 Å². The van der Waals surface area contributed by atoms with Crippen LogP contribution in [0.4, 0.5) is 0 Å². The topological polar surface area (TPSA) is 15.3 Å². The third-order valence-electron chi connectivity index (χ3n) is 5.20. The molecule has 1 atom stereocenters. The van der Waals surface area contributed by atoms with Crippen LogP contribution in [-0.4, -0.2) is 24.0 Å². The molecule has 0 bridgehead atoms. The standard InChI is InChI=1S/C22H30N2/c1-18-9-3-5-11-20(18)15-24(17-22-13-7-8-14-23-22)16-21-12-6-4-10-19(21)2/h3-6,9-12,22-23H,7-8,13-17H2,1-2H3. The monoisotopic (exact) mass is 322 g/mol. The third kappa shape index (κ3) is 4.68. The van der Waals surface area contributed by atoms with E-state index in [1.165, 1.54) is 48.1 Å². The zero-order chi connectivity index (χ0) is 16.8. The highest BCUT2D eigenvalue weighted by atomic mass is 15.1. The van der Waals surface area contributed by atoms with E-state index in [2.05, 4.69) is 72.6 Å². The predicted molar refractivity (Wildman–Crippen MR) is 102 cm³/mol. The summed E-state index contributed by atoms with van der Waals surface area (Å²) < 4.78 is 0. The number of piperidine rings is 1. The zero-order valence-electron chi connectivity index (χ0n) is 15.1. The maximum absolute atomic E-state index is 3.71. The molecule has 2 aromatic rings. The number of nitrogens with one attached hydrogen (secondary N) is 1. The highest BCUT2D eigenvalue weighted by Crippen LogP contribution is 2.18. The van der Waals surface area contributed by atoms with Crippen molar-refractivity contribution in [3.8, 4) is 0 Å². The van der Waals surface area contributed by atoms with Crippen LogP contribution in [-0.2, 0) is 13.1 Å². The second-order valence-electron chi connectivity index (χ2n) is 7.17. The smallest absolute Gasteiger partial charge is 0.0240 e. The average Bonchev–Trinajstić information content (AvgIpc) is 2.60. The average molecular weight is 322 g/mol. The van der Waals surface area contributed by atoms with Crippen molar-refractivity contribution in [1.82, 2.24) is 10.2 Å². The molecule has 0 aliphatic carbocycles. The van der Waals surface area contributed by atoms with Gasteiger partial charge in [-0.15, -0.1) is 0 Å². The van der Waals surface area contributed by atoms with E-state index in [-0.39, 0.29) is 0 Å². The van der Waals surface area contributed by atoms with Gasteiger partial charge in [0.25, 0.3) is 0 Å². The fourth-order valence-electron chi connectivity index (χ4n) is 3.63. The van der Waals surface area contributed by atoms with Crippen LogP contribution in [0.2, 0.25) is 0 Å². The molecular weight excluding hydrogens is 292 g/mol. The number of hydrogen-bond acceptors (Lipinski definition) is 2. The number of hydrogen-bond donors (Lipinski definition) is 1. The van der Waals surface area contributed by atoms with Gasteiger partial charge in [0.2, 0.25) is 0 Å². The van der Waals surface area contributed by atoms with Crippen molar-refractivity contribution < 1.29 is 0 Å². The lowest BCUT2D eigenvalue weighted by Gasteiger charge is -2.31. The van der Waals surface area contributed by atoms with Gasteiger partial charge < -0.3 is 5.32 Å². The van der Waals surface area contributed by atoms with E-state index in [0.29, 0.717) is 6.04 Å². The number of aryl methyl sites for hydroxylation is 2. The molecule has 2 aromatic carbocycles. The minimum Gasteiger partial charge on any atom is -0.313 e. The van der Waals surface area contributed by atoms with E-state index < -0.39 is 0 Å². The summed E-state index contributed by atoms with van der Waals surface area (Å²) in [5.74, 6) is 0. The molecule has 128 valence electrons. The molecule has 1 aliphatic rings. The van der Waals surface area contributed by atoms with Gasteiger partial charge in [-0.3, -0.25) is 4.90 Å². The number of nitrogens with zero attached hydrogens (tertiary/aromatic N) is 1. The summed E-state index contributed by atoms with van der Waals surface area (Å²) in [5, 5.41) is 3.71. The fourth-order valence-corrected chi connectivity index (χ4v) is 3.63. The molecule has 1 unspecified atom stereocenters. The van der Waals surface area contributed by atoms with Gasteiger partial charge in [0.1, 0.15) is 0 Å². The molecular formula is C22H30N2. The molecule has 0 aromatic heterocycles. The van der Waals surface area contributed by atoms with Gasteiger partial charge in [0.15, 0.2) is 0 Å². The van der Waals surface area contributed by atoms with Crippen molar-refractivity contribution in [2.75, 3.05) is 13.1 Å². The summed E-state index contributed by atoms with van der Waals surface area (Å²) in [7, 11) is 0. The quantitative estimate of drug-likeness (QED) is 0.845. The van der Waals surface area contributed by atoms with Crippen LogP contribution < -0.4 is 5.32 Å². The van der Waals surface area contributed by atoms with Crippen LogP contribution in [0.15, 0.2) is 48.5 Å². The Labute approximate surface area is 146 Å². The Morgan fingerprint density at radius 1 is 0.875 bits per heavy atom. The van der Waals surface area contributed by atoms with Crippen LogP contribution in [0, 0.1) is 13.8 Å². The lowest BCUT2D eigenvalue weighted by Crippen LogP contribution is -2.43. The second-order valence-corrected chi connectivity index (χ2v) is 7.17. The van der Waals surface area contributed by atoms with Crippen LogP contribution in [0.1, 0.15) is 41.5 Å². The summed E-state index contributed by atoms with van der Waals surface area (Å²) >= 11 is 0. The van der Waals surface area contributed by atoms with Gasteiger partial charge >= 0.3 is 0 Å². The van der Waals surface area contributed by atoms with Crippen LogP contribution in [0.5, 0.6) is 0 Å². The lowest BCUT2D eigenvalue weighted by atomic mass is 10.0. The van der Waals surface area contributed by atoms with Gasteiger partial charge in [0.05, 0.1) is 0 Å². The summed E-state index contributed by atoms with van der Waals surface area (Å²) in [5.41, 5.74) is 5.68. The maximum atomic E-state index is 3.71. The van der Waals surface area contributed by atoms with Crippen LogP contribution in [0.3, 0.4) is 0 Å². The second kappa shape index (κ2) is 8.46. The molecule has 0 radical (unpaired) electrons. The van der Waals surface area contributed by atoms with E-state index in [1.807, 2.05) is 0 Å². The van der Waals surface area contributed by atoms with Crippen molar-refractivity contribution >= 4 is 0 Å². The molecule has 24 heavy (non-hydrogen) atoms. The molecule has 1 N–H and O–H groups in total. The molecule has 1 aliphatic heterocycles. The minimum atomic E-state index is 0.631. The molecule has 0 amide bonds. The van der Waals surface area contributed by atoms with Gasteiger partial charge in [0, 0.05) is 25.7 Å². The number of rotatable bonds is 6. The summed E-state index contributed by atoms with van der Waals surface area (Å²) in [6.45, 7) is 8.80. The van der Waals surface area contributed by atoms with Gasteiger partial charge in [-0.1, -0.05) is 55.0 Å². The maximum Gasteiger partial charge on any atom is 0.0240 e. The van der Waals surface area contributed by atoms with Crippen molar-refractivity contribution in [1.29, 1.82) is 0 Å². The summed E-state index contributed by atoms with van der Waals surface area (Å²) in [4.78, 5) is 2.62. The number of benzene rings is 2. The lowest BCUT2D eigenvalue weighted by molar-refractivity contribution is 0.209. The van der Waals surface area contributed by atoms with E-state index in [4.69, 9.17) is 0 Å². The van der Waals surface area contributed by atoms with Crippen molar-refractivity contribution in [3.05, 3.63) is 70.8 Å². The Morgan fingerprint density at radius 3 is 1.96 bits per heavy atom. The molecule has 2 nitrogen and oxygen atoms in total. The first-order valence-corrected chi connectivity index (χ1v) is 9.27. The Morgan fingerprint density at radius 2 is 1.46 bits per heavy atom. The summed E-state index contributed by atoms with van der Waals surface area (Å²) in [6, 6.07) is 18.2. The van der Waals surface area contributed by atoms with E-state index >= 15 is 0 Å². The van der Waals surface area contributed by atoms with Crippen LogP contribution >= 0.6 is 0 Å². The highest BCUT2D eigenvalue weighted by molar-refractivity contribution is 5.27. The molecule has 1 saturated heterocycles. The predicted octanol–water partition coefficient (Wildman–Crippen LogP) is 4.45. The van der Waals surface area contributed by atoms with Gasteiger partial charge in [-0.2, -0.15) is 0 Å². The van der Waals surface area contributed by atoms with Crippen molar-refractivity contribution in [2.45, 2.75) is 52.2 Å². The molecule has 1 fully saturated rings. The third-order valence-corrected chi connectivity index (χ3v) is 5.20. The first-order valence-electron chi connectivity index (χ1n) is 9.27. The van der Waals surface area contributed by atoms with E-state index in [0.717, 1.165) is 19.6 Å². The van der Waals surface area contributed by atoms with Crippen molar-refractivity contribution in [2.24, 2.45) is 0 Å².